The number of rotatable bonds is 3. The standard InChI is InChI=1S/C9H12.C8H11N.C7H10N2.C5H5ClS.2C5H7NO.2C5H7NS.C4H4ClNS/c1-3-9-6-4-8(2)5-7-9;1-3-8-4-5-9-7(2)6-8;1-3-7-5-8-6(2)4-9-7;1-4-2-3-5(6)7-4;1-4-5(2)7-3-6-4;3*1-4-3-7-5(2)6-4;1-3-2-6-4(5)7-3/h4-7H,3H2,1-2H3;4-6H,3H2,1-2H3;4-5H,3H2,1-2H3;2-3H,1H3;4*3H,1-2H3;2H,1H3. The van der Waals surface area contributed by atoms with Gasteiger partial charge in [0.05, 0.1) is 37.1 Å². The Morgan fingerprint density at radius 1 is 0.507 bits per heavy atom. The molecule has 9 rings (SSSR count). The number of thiophene rings is 1. The summed E-state index contributed by atoms with van der Waals surface area (Å²) in [4.78, 5) is 34.6. The van der Waals surface area contributed by atoms with E-state index in [1.807, 2.05) is 114 Å². The van der Waals surface area contributed by atoms with E-state index in [-0.39, 0.29) is 0 Å². The molecule has 0 saturated heterocycles. The predicted octanol–water partition coefficient (Wildman–Crippen LogP) is 16.8. The molecule has 0 bridgehead atoms. The molecule has 0 aliphatic carbocycles. The minimum atomic E-state index is 0.623. The molecule has 0 fully saturated rings. The summed E-state index contributed by atoms with van der Waals surface area (Å²) in [7, 11) is 0. The van der Waals surface area contributed by atoms with Gasteiger partial charge in [0.25, 0.3) is 0 Å². The summed E-state index contributed by atoms with van der Waals surface area (Å²) >= 11 is 17.5. The third-order valence-electron chi connectivity index (χ3n) is 8.58. The van der Waals surface area contributed by atoms with Crippen molar-refractivity contribution >= 4 is 68.5 Å². The van der Waals surface area contributed by atoms with Crippen molar-refractivity contribution in [2.45, 2.75) is 130 Å². The van der Waals surface area contributed by atoms with Crippen LogP contribution in [0.1, 0.15) is 109 Å². The fourth-order valence-electron chi connectivity index (χ4n) is 4.76. The first-order valence-electron chi connectivity index (χ1n) is 22.3. The van der Waals surface area contributed by atoms with Crippen LogP contribution < -0.4 is 0 Å². The van der Waals surface area contributed by atoms with E-state index in [0.717, 1.165) is 90.0 Å². The molecule has 0 saturated carbocycles. The fourth-order valence-corrected chi connectivity index (χ4v) is 7.84. The number of oxazole rings is 2. The summed E-state index contributed by atoms with van der Waals surface area (Å²) in [5, 5.41) is 6.40. The minimum absolute atomic E-state index is 0.623. The number of thiazole rings is 3. The average Bonchev–Trinajstić information content (AvgIpc) is 4.21. The lowest BCUT2D eigenvalue weighted by Crippen LogP contribution is -1.89. The summed E-state index contributed by atoms with van der Waals surface area (Å²) in [6, 6.07) is 16.7. The van der Waals surface area contributed by atoms with Crippen molar-refractivity contribution in [3.05, 3.63) is 194 Å². The average molecular weight is 1050 g/mol. The molecule has 16 heteroatoms. The van der Waals surface area contributed by atoms with Gasteiger partial charge in [0, 0.05) is 69.3 Å². The van der Waals surface area contributed by atoms with Crippen LogP contribution in [0.15, 0.2) is 106 Å². The van der Waals surface area contributed by atoms with Gasteiger partial charge in [0.1, 0.15) is 12.0 Å². The Morgan fingerprint density at radius 2 is 1.13 bits per heavy atom. The van der Waals surface area contributed by atoms with Crippen LogP contribution in [-0.4, -0.2) is 39.9 Å². The number of halogens is 2. The van der Waals surface area contributed by atoms with E-state index in [4.69, 9.17) is 32.0 Å². The molecule has 8 aromatic heterocycles. The third kappa shape index (κ3) is 31.7. The van der Waals surface area contributed by atoms with Gasteiger partial charge in [-0.1, -0.05) is 73.8 Å². The highest BCUT2D eigenvalue weighted by molar-refractivity contribution is 7.16. The first-order valence-corrected chi connectivity index (χ1v) is 26.4. The largest absolute Gasteiger partial charge is 0.449 e. The second kappa shape index (κ2) is 36.1. The van der Waals surface area contributed by atoms with Crippen LogP contribution in [0.3, 0.4) is 0 Å². The molecular weight excluding hydrogens is 980 g/mol. The van der Waals surface area contributed by atoms with E-state index < -0.39 is 0 Å². The Hall–Kier alpha value is -4.96. The van der Waals surface area contributed by atoms with Crippen LogP contribution in [0, 0.1) is 90.0 Å². The molecule has 0 atom stereocenters. The molecule has 372 valence electrons. The molecule has 8 heterocycles. The lowest BCUT2D eigenvalue weighted by Gasteiger charge is -1.94. The summed E-state index contributed by atoms with van der Waals surface area (Å²) in [5.74, 6) is 1.64. The summed E-state index contributed by atoms with van der Waals surface area (Å²) in [6.07, 6.45) is 13.5. The smallest absolute Gasteiger partial charge is 0.191 e. The molecule has 0 unspecified atom stereocenters. The Bertz CT molecular complexity index is 2300. The van der Waals surface area contributed by atoms with Gasteiger partial charge in [-0.2, -0.15) is 0 Å². The highest BCUT2D eigenvalue weighted by atomic mass is 35.5. The minimum Gasteiger partial charge on any atom is -0.449 e. The highest BCUT2D eigenvalue weighted by Crippen LogP contribution is 2.19. The second-order valence-corrected chi connectivity index (χ2v) is 21.0. The van der Waals surface area contributed by atoms with Crippen LogP contribution in [0.2, 0.25) is 8.80 Å². The van der Waals surface area contributed by atoms with E-state index in [2.05, 4.69) is 109 Å². The monoisotopic (exact) mass is 1050 g/mol. The van der Waals surface area contributed by atoms with Crippen LogP contribution in [0.4, 0.5) is 0 Å². The molecular formula is C53H70Cl2N8O2S4. The zero-order valence-electron chi connectivity index (χ0n) is 43.1. The topological polar surface area (TPSA) is 129 Å². The van der Waals surface area contributed by atoms with Crippen LogP contribution in [0.25, 0.3) is 0 Å². The third-order valence-corrected chi connectivity index (χ3v) is 12.5. The van der Waals surface area contributed by atoms with Gasteiger partial charge in [0.15, 0.2) is 16.8 Å². The van der Waals surface area contributed by atoms with Gasteiger partial charge < -0.3 is 8.83 Å². The first-order chi connectivity index (χ1) is 32.7. The molecule has 0 spiro atoms. The van der Waals surface area contributed by atoms with Crippen LogP contribution in [0.5, 0.6) is 0 Å². The van der Waals surface area contributed by atoms with Crippen LogP contribution >= 0.6 is 68.5 Å². The van der Waals surface area contributed by atoms with Gasteiger partial charge in [-0.25, -0.2) is 24.9 Å². The highest BCUT2D eigenvalue weighted by Gasteiger charge is 1.93. The molecule has 0 amide bonds. The van der Waals surface area contributed by atoms with Gasteiger partial charge in [0.2, 0.25) is 0 Å². The summed E-state index contributed by atoms with van der Waals surface area (Å²) < 4.78 is 11.2. The molecule has 69 heavy (non-hydrogen) atoms. The number of benzene rings is 1. The number of aromatic nitrogens is 8. The van der Waals surface area contributed by atoms with E-state index >= 15 is 0 Å². The number of hydrogen-bond acceptors (Lipinski definition) is 14. The summed E-state index contributed by atoms with van der Waals surface area (Å²) in [6.45, 7) is 32.0. The van der Waals surface area contributed by atoms with Gasteiger partial charge in [-0.05, 0) is 138 Å². The normalized spacial score (nSPS) is 9.48. The van der Waals surface area contributed by atoms with Crippen molar-refractivity contribution in [3.63, 3.8) is 0 Å². The molecule has 10 nitrogen and oxygen atoms in total. The van der Waals surface area contributed by atoms with E-state index in [1.54, 1.807) is 52.7 Å². The summed E-state index contributed by atoms with van der Waals surface area (Å²) in [5.41, 5.74) is 11.4. The van der Waals surface area contributed by atoms with Crippen molar-refractivity contribution < 1.29 is 8.83 Å². The predicted molar refractivity (Wildman–Crippen MR) is 296 cm³/mol. The second-order valence-electron chi connectivity index (χ2n) is 15.1. The van der Waals surface area contributed by atoms with Gasteiger partial charge in [-0.3, -0.25) is 15.0 Å². The molecule has 9 aromatic rings. The fraction of sp³-hybridized carbons (Fsp3) is 0.358. The molecule has 0 aliphatic heterocycles. The van der Waals surface area contributed by atoms with Gasteiger partial charge in [-0.15, -0.1) is 45.3 Å². The Morgan fingerprint density at radius 3 is 1.38 bits per heavy atom. The van der Waals surface area contributed by atoms with Crippen molar-refractivity contribution in [2.75, 3.05) is 0 Å². The van der Waals surface area contributed by atoms with Gasteiger partial charge >= 0.3 is 0 Å². The van der Waals surface area contributed by atoms with Crippen molar-refractivity contribution in [1.29, 1.82) is 0 Å². The van der Waals surface area contributed by atoms with Crippen molar-refractivity contribution in [3.8, 4) is 0 Å². The van der Waals surface area contributed by atoms with E-state index in [9.17, 15) is 0 Å². The quantitative estimate of drug-likeness (QED) is 0.169. The molecule has 1 aromatic carbocycles. The maximum atomic E-state index is 5.58. The Labute approximate surface area is 437 Å². The van der Waals surface area contributed by atoms with Crippen molar-refractivity contribution in [2.24, 2.45) is 0 Å². The maximum Gasteiger partial charge on any atom is 0.191 e. The number of pyridine rings is 1. The number of hydrogen-bond donors (Lipinski definition) is 0. The Kier molecular flexibility index (Phi) is 32.4. The van der Waals surface area contributed by atoms with E-state index in [1.165, 1.54) is 39.3 Å². The number of aryl methyl sites for hydroxylation is 16. The van der Waals surface area contributed by atoms with Crippen molar-refractivity contribution in [1.82, 2.24) is 39.9 Å². The Balaban J connectivity index is 0.000000389. The maximum absolute atomic E-state index is 5.58. The lowest BCUT2D eigenvalue weighted by molar-refractivity contribution is 0.521. The molecule has 0 aliphatic rings. The zero-order chi connectivity index (χ0) is 51.7. The SMILES string of the molecule is CCc1ccc(C)cc1.CCc1ccnc(C)c1.CCc1cnc(C)cn1.Cc1ccc(Cl)s1.Cc1cnc(Cl)s1.Cc1coc(C)n1.Cc1csc(C)n1.Cc1csc(C)n1.Cc1ncoc1C. The molecule has 0 N–H and O–H groups in total. The van der Waals surface area contributed by atoms with E-state index in [0.29, 0.717) is 4.47 Å². The van der Waals surface area contributed by atoms with Crippen LogP contribution in [-0.2, 0) is 19.3 Å². The lowest BCUT2D eigenvalue weighted by atomic mass is 10.1. The molecule has 0 radical (unpaired) electrons. The number of nitrogens with zero attached hydrogens (tertiary/aromatic N) is 8. The first kappa shape index (κ1) is 62.1. The zero-order valence-corrected chi connectivity index (χ0v) is 47.9.